The van der Waals surface area contributed by atoms with E-state index in [0.29, 0.717) is 0 Å². The number of rotatable bonds is 4. The molecule has 5 heteroatoms. The molecule has 0 aliphatic carbocycles. The minimum absolute atomic E-state index is 0.748. The Morgan fingerprint density at radius 2 is 1.91 bits per heavy atom. The highest BCUT2D eigenvalue weighted by atomic mass is 15.3. The number of pyridine rings is 1. The van der Waals surface area contributed by atoms with Crippen LogP contribution in [0.5, 0.6) is 0 Å². The summed E-state index contributed by atoms with van der Waals surface area (Å²) in [6.07, 6.45) is 4.29. The van der Waals surface area contributed by atoms with Crippen LogP contribution in [0.25, 0.3) is 0 Å². The van der Waals surface area contributed by atoms with E-state index in [1.807, 2.05) is 24.4 Å². The largest absolute Gasteiger partial charge is 0.353 e. The molecule has 0 atom stereocenters. The van der Waals surface area contributed by atoms with Crippen LogP contribution >= 0.6 is 0 Å². The van der Waals surface area contributed by atoms with Crippen LogP contribution in [0, 0.1) is 13.8 Å². The molecule has 3 heterocycles. The van der Waals surface area contributed by atoms with Crippen LogP contribution in [-0.2, 0) is 6.54 Å². The average Bonchev–Trinajstić information content (AvgIpc) is 3.05. The zero-order valence-electron chi connectivity index (χ0n) is 13.6. The predicted molar refractivity (Wildman–Crippen MR) is 89.3 cm³/mol. The van der Waals surface area contributed by atoms with Gasteiger partial charge in [0.25, 0.3) is 0 Å². The smallest absolute Gasteiger partial charge is 0.227 e. The lowest BCUT2D eigenvalue weighted by atomic mass is 10.2. The van der Waals surface area contributed by atoms with Crippen LogP contribution in [0.1, 0.15) is 29.8 Å². The van der Waals surface area contributed by atoms with E-state index < -0.39 is 0 Å². The molecule has 2 aromatic heterocycles. The Labute approximate surface area is 132 Å². The maximum Gasteiger partial charge on any atom is 0.227 e. The molecule has 0 spiro atoms. The fourth-order valence-electron chi connectivity index (χ4n) is 2.84. The van der Waals surface area contributed by atoms with Crippen LogP contribution in [0.3, 0.4) is 0 Å². The predicted octanol–water partition coefficient (Wildman–Crippen LogP) is 2.73. The van der Waals surface area contributed by atoms with Gasteiger partial charge in [-0.2, -0.15) is 4.98 Å². The molecular formula is C17H23N5. The molecule has 22 heavy (non-hydrogen) atoms. The Morgan fingerprint density at radius 3 is 2.59 bits per heavy atom. The van der Waals surface area contributed by atoms with Gasteiger partial charge in [0.15, 0.2) is 0 Å². The van der Waals surface area contributed by atoms with Crippen molar-refractivity contribution in [2.75, 3.05) is 29.9 Å². The van der Waals surface area contributed by atoms with E-state index in [0.717, 1.165) is 48.4 Å². The van der Waals surface area contributed by atoms with Crippen LogP contribution < -0.4 is 9.80 Å². The molecule has 1 fully saturated rings. The maximum atomic E-state index is 4.82. The first-order valence-corrected chi connectivity index (χ1v) is 7.86. The summed E-state index contributed by atoms with van der Waals surface area (Å²) in [7, 11) is 2.07. The van der Waals surface area contributed by atoms with Crippen LogP contribution in [0.2, 0.25) is 0 Å². The van der Waals surface area contributed by atoms with Crippen molar-refractivity contribution in [1.29, 1.82) is 0 Å². The molecule has 0 aromatic carbocycles. The van der Waals surface area contributed by atoms with Gasteiger partial charge < -0.3 is 9.80 Å². The molecule has 0 N–H and O–H groups in total. The molecule has 0 unspecified atom stereocenters. The third kappa shape index (κ3) is 3.03. The zero-order valence-corrected chi connectivity index (χ0v) is 13.6. The summed E-state index contributed by atoms with van der Waals surface area (Å²) in [6, 6.07) is 6.00. The van der Waals surface area contributed by atoms with Crippen molar-refractivity contribution in [2.45, 2.75) is 33.2 Å². The second-order valence-electron chi connectivity index (χ2n) is 5.93. The van der Waals surface area contributed by atoms with Gasteiger partial charge in [-0.1, -0.05) is 6.07 Å². The van der Waals surface area contributed by atoms with E-state index in [1.165, 1.54) is 12.8 Å². The van der Waals surface area contributed by atoms with Gasteiger partial charge in [0.1, 0.15) is 5.82 Å². The van der Waals surface area contributed by atoms with Crippen molar-refractivity contribution in [3.8, 4) is 0 Å². The fraction of sp³-hybridized carbons (Fsp3) is 0.471. The van der Waals surface area contributed by atoms with Gasteiger partial charge in [0.05, 0.1) is 12.2 Å². The van der Waals surface area contributed by atoms with Gasteiger partial charge in [-0.3, -0.25) is 4.98 Å². The lowest BCUT2D eigenvalue weighted by Gasteiger charge is -2.24. The molecule has 1 aliphatic heterocycles. The molecule has 116 valence electrons. The molecule has 1 aliphatic rings. The first-order valence-electron chi connectivity index (χ1n) is 7.86. The summed E-state index contributed by atoms with van der Waals surface area (Å²) in [5.74, 6) is 1.86. The molecule has 5 nitrogen and oxygen atoms in total. The molecule has 0 radical (unpaired) electrons. The zero-order chi connectivity index (χ0) is 15.5. The summed E-state index contributed by atoms with van der Waals surface area (Å²) in [5, 5.41) is 0. The standard InChI is InChI=1S/C17H23N5/c1-13-14(2)19-17(22-10-6-7-11-22)20-16(13)21(3)12-15-8-4-5-9-18-15/h4-5,8-9H,6-7,10-12H2,1-3H3. The number of hydrogen-bond donors (Lipinski definition) is 0. The molecule has 3 rings (SSSR count). The van der Waals surface area contributed by atoms with E-state index in [9.17, 15) is 0 Å². The Kier molecular flexibility index (Phi) is 4.22. The third-order valence-electron chi connectivity index (χ3n) is 4.23. The van der Waals surface area contributed by atoms with Gasteiger partial charge in [0, 0.05) is 37.6 Å². The van der Waals surface area contributed by atoms with E-state index >= 15 is 0 Å². The van der Waals surface area contributed by atoms with Crippen molar-refractivity contribution in [3.05, 3.63) is 41.3 Å². The molecule has 0 saturated carbocycles. The highest BCUT2D eigenvalue weighted by molar-refractivity contribution is 5.52. The molecule has 0 bridgehead atoms. The quantitative estimate of drug-likeness (QED) is 0.868. The molecule has 2 aromatic rings. The topological polar surface area (TPSA) is 45.2 Å². The van der Waals surface area contributed by atoms with Crippen molar-refractivity contribution in [3.63, 3.8) is 0 Å². The third-order valence-corrected chi connectivity index (χ3v) is 4.23. The number of aryl methyl sites for hydroxylation is 1. The highest BCUT2D eigenvalue weighted by Crippen LogP contribution is 2.25. The Balaban J connectivity index is 1.88. The minimum atomic E-state index is 0.748. The van der Waals surface area contributed by atoms with Crippen molar-refractivity contribution in [1.82, 2.24) is 15.0 Å². The van der Waals surface area contributed by atoms with Gasteiger partial charge in [-0.25, -0.2) is 4.98 Å². The van der Waals surface area contributed by atoms with Gasteiger partial charge in [-0.15, -0.1) is 0 Å². The van der Waals surface area contributed by atoms with E-state index in [2.05, 4.69) is 40.7 Å². The van der Waals surface area contributed by atoms with E-state index in [-0.39, 0.29) is 0 Å². The fourth-order valence-corrected chi connectivity index (χ4v) is 2.84. The molecular weight excluding hydrogens is 274 g/mol. The first-order chi connectivity index (χ1) is 10.6. The number of anilines is 2. The Morgan fingerprint density at radius 1 is 1.14 bits per heavy atom. The summed E-state index contributed by atoms with van der Waals surface area (Å²) in [6.45, 7) is 7.03. The number of aromatic nitrogens is 3. The lowest BCUT2D eigenvalue weighted by Crippen LogP contribution is -2.25. The number of nitrogens with zero attached hydrogens (tertiary/aromatic N) is 5. The second-order valence-corrected chi connectivity index (χ2v) is 5.93. The van der Waals surface area contributed by atoms with E-state index in [1.54, 1.807) is 0 Å². The minimum Gasteiger partial charge on any atom is -0.353 e. The van der Waals surface area contributed by atoms with Gasteiger partial charge in [-0.05, 0) is 38.8 Å². The second kappa shape index (κ2) is 6.30. The van der Waals surface area contributed by atoms with Crippen molar-refractivity contribution in [2.24, 2.45) is 0 Å². The molecule has 1 saturated heterocycles. The summed E-state index contributed by atoms with van der Waals surface area (Å²) in [4.78, 5) is 18.3. The van der Waals surface area contributed by atoms with Crippen molar-refractivity contribution >= 4 is 11.8 Å². The average molecular weight is 297 g/mol. The van der Waals surface area contributed by atoms with Gasteiger partial charge in [0.2, 0.25) is 5.95 Å². The molecule has 0 amide bonds. The van der Waals surface area contributed by atoms with Gasteiger partial charge >= 0.3 is 0 Å². The first kappa shape index (κ1) is 14.8. The lowest BCUT2D eigenvalue weighted by molar-refractivity contribution is 0.827. The van der Waals surface area contributed by atoms with E-state index in [4.69, 9.17) is 4.98 Å². The van der Waals surface area contributed by atoms with Crippen molar-refractivity contribution < 1.29 is 0 Å². The van der Waals surface area contributed by atoms with Crippen LogP contribution in [0.4, 0.5) is 11.8 Å². The summed E-state index contributed by atoms with van der Waals surface area (Å²) in [5.41, 5.74) is 3.24. The maximum absolute atomic E-state index is 4.82. The number of hydrogen-bond acceptors (Lipinski definition) is 5. The Hall–Kier alpha value is -2.17. The van der Waals surface area contributed by atoms with Crippen LogP contribution in [-0.4, -0.2) is 35.1 Å². The normalized spacial score (nSPS) is 14.4. The SMILES string of the molecule is Cc1nc(N2CCCC2)nc(N(C)Cc2ccccn2)c1C. The van der Waals surface area contributed by atoms with Crippen LogP contribution in [0.15, 0.2) is 24.4 Å². The Bertz CT molecular complexity index is 635. The summed E-state index contributed by atoms with van der Waals surface area (Å²) < 4.78 is 0. The summed E-state index contributed by atoms with van der Waals surface area (Å²) >= 11 is 0. The highest BCUT2D eigenvalue weighted by Gasteiger charge is 2.19. The monoisotopic (exact) mass is 297 g/mol.